The Morgan fingerprint density at radius 1 is 1.26 bits per heavy atom. The van der Waals surface area contributed by atoms with Crippen LogP contribution < -0.4 is 15.4 Å². The van der Waals surface area contributed by atoms with Gasteiger partial charge in [-0.15, -0.1) is 0 Å². The van der Waals surface area contributed by atoms with Crippen LogP contribution in [-0.4, -0.2) is 24.1 Å². The first-order valence-electron chi connectivity index (χ1n) is 5.79. The standard InChI is InChI=1S/C13H15ClN4O/c1-15-12-7-16-8-13(18-12)17-6-9-10(14)4-3-5-11(9)19-2/h3-5,7-8H,6H2,1-2H3,(H2,15,17,18). The highest BCUT2D eigenvalue weighted by Crippen LogP contribution is 2.26. The van der Waals surface area contributed by atoms with Crippen LogP contribution in [0.15, 0.2) is 30.6 Å². The Bertz CT molecular complexity index is 562. The molecule has 0 spiro atoms. The van der Waals surface area contributed by atoms with E-state index < -0.39 is 0 Å². The summed E-state index contributed by atoms with van der Waals surface area (Å²) in [6, 6.07) is 5.56. The first kappa shape index (κ1) is 13.4. The van der Waals surface area contributed by atoms with Gasteiger partial charge in [-0.2, -0.15) is 0 Å². The number of benzene rings is 1. The molecule has 0 aliphatic rings. The maximum Gasteiger partial charge on any atom is 0.147 e. The Morgan fingerprint density at radius 3 is 2.79 bits per heavy atom. The molecule has 0 aliphatic carbocycles. The van der Waals surface area contributed by atoms with Crippen molar-refractivity contribution in [1.29, 1.82) is 0 Å². The van der Waals surface area contributed by atoms with Crippen molar-refractivity contribution in [3.05, 3.63) is 41.2 Å². The highest BCUT2D eigenvalue weighted by atomic mass is 35.5. The molecule has 1 aromatic carbocycles. The van der Waals surface area contributed by atoms with Crippen molar-refractivity contribution in [2.24, 2.45) is 0 Å². The average molecular weight is 279 g/mol. The van der Waals surface area contributed by atoms with Crippen molar-refractivity contribution in [2.45, 2.75) is 6.54 Å². The monoisotopic (exact) mass is 278 g/mol. The molecule has 100 valence electrons. The summed E-state index contributed by atoms with van der Waals surface area (Å²) in [5, 5.41) is 6.77. The van der Waals surface area contributed by atoms with Crippen molar-refractivity contribution >= 4 is 23.2 Å². The molecule has 0 amide bonds. The van der Waals surface area contributed by atoms with Gasteiger partial charge >= 0.3 is 0 Å². The lowest BCUT2D eigenvalue weighted by Crippen LogP contribution is -2.05. The number of nitrogens with one attached hydrogen (secondary N) is 2. The Balaban J connectivity index is 2.14. The summed E-state index contributed by atoms with van der Waals surface area (Å²) in [7, 11) is 3.42. The van der Waals surface area contributed by atoms with E-state index in [0.29, 0.717) is 23.2 Å². The van der Waals surface area contributed by atoms with Crippen molar-refractivity contribution in [1.82, 2.24) is 9.97 Å². The summed E-state index contributed by atoms with van der Waals surface area (Å²) >= 11 is 6.16. The van der Waals surface area contributed by atoms with Gasteiger partial charge in [-0.1, -0.05) is 17.7 Å². The minimum absolute atomic E-state index is 0.519. The fourth-order valence-electron chi connectivity index (χ4n) is 1.65. The van der Waals surface area contributed by atoms with E-state index in [9.17, 15) is 0 Å². The number of ether oxygens (including phenoxy) is 1. The Hall–Kier alpha value is -2.01. The molecule has 0 aliphatic heterocycles. The second-order valence-electron chi connectivity index (χ2n) is 3.81. The number of halogens is 1. The zero-order chi connectivity index (χ0) is 13.7. The number of nitrogens with zero attached hydrogens (tertiary/aromatic N) is 2. The molecule has 0 saturated carbocycles. The largest absolute Gasteiger partial charge is 0.496 e. The summed E-state index contributed by atoms with van der Waals surface area (Å²) in [4.78, 5) is 8.40. The predicted molar refractivity (Wildman–Crippen MR) is 76.9 cm³/mol. The maximum absolute atomic E-state index is 6.16. The third-order valence-electron chi connectivity index (χ3n) is 2.63. The van der Waals surface area contributed by atoms with Crippen LogP contribution in [0, 0.1) is 0 Å². The average Bonchev–Trinajstić information content (AvgIpc) is 2.46. The van der Waals surface area contributed by atoms with Gasteiger partial charge in [-0.3, -0.25) is 4.98 Å². The van der Waals surface area contributed by atoms with Crippen molar-refractivity contribution in [2.75, 3.05) is 24.8 Å². The van der Waals surface area contributed by atoms with Crippen LogP contribution in [0.1, 0.15) is 5.56 Å². The van der Waals surface area contributed by atoms with E-state index in [1.54, 1.807) is 26.6 Å². The molecular weight excluding hydrogens is 264 g/mol. The van der Waals surface area contributed by atoms with Crippen LogP contribution in [0.3, 0.4) is 0 Å². The lowest BCUT2D eigenvalue weighted by Gasteiger charge is -2.12. The minimum Gasteiger partial charge on any atom is -0.496 e. The smallest absolute Gasteiger partial charge is 0.147 e. The maximum atomic E-state index is 6.16. The molecule has 2 rings (SSSR count). The van der Waals surface area contributed by atoms with Crippen molar-refractivity contribution in [3.63, 3.8) is 0 Å². The van der Waals surface area contributed by atoms with Gasteiger partial charge in [0, 0.05) is 24.2 Å². The number of methoxy groups -OCH3 is 1. The molecule has 1 heterocycles. The Labute approximate surface area is 117 Å². The molecule has 0 atom stereocenters. The summed E-state index contributed by atoms with van der Waals surface area (Å²) in [6.07, 6.45) is 3.31. The molecule has 5 nitrogen and oxygen atoms in total. The van der Waals surface area contributed by atoms with Crippen molar-refractivity contribution in [3.8, 4) is 5.75 Å². The Kier molecular flexibility index (Phi) is 4.41. The van der Waals surface area contributed by atoms with Crippen molar-refractivity contribution < 1.29 is 4.74 Å². The van der Waals surface area contributed by atoms with Crippen LogP contribution in [0.25, 0.3) is 0 Å². The molecule has 2 aromatic rings. The van der Waals surface area contributed by atoms with Gasteiger partial charge in [0.2, 0.25) is 0 Å². The summed E-state index contributed by atoms with van der Waals surface area (Å²) in [5.41, 5.74) is 0.892. The molecule has 0 fully saturated rings. The Morgan fingerprint density at radius 2 is 2.05 bits per heavy atom. The van der Waals surface area contributed by atoms with Gasteiger partial charge in [0.05, 0.1) is 19.5 Å². The molecule has 1 aromatic heterocycles. The first-order chi connectivity index (χ1) is 9.24. The molecule has 0 unspecified atom stereocenters. The third-order valence-corrected chi connectivity index (χ3v) is 2.99. The lowest BCUT2D eigenvalue weighted by molar-refractivity contribution is 0.410. The van der Waals surface area contributed by atoms with E-state index in [-0.39, 0.29) is 0 Å². The second kappa shape index (κ2) is 6.24. The fourth-order valence-corrected chi connectivity index (χ4v) is 1.88. The summed E-state index contributed by atoms with van der Waals surface area (Å²) in [5.74, 6) is 2.13. The van der Waals surface area contributed by atoms with Gasteiger partial charge in [0.15, 0.2) is 0 Å². The fraction of sp³-hybridized carbons (Fsp3) is 0.231. The highest BCUT2D eigenvalue weighted by molar-refractivity contribution is 6.31. The lowest BCUT2D eigenvalue weighted by atomic mass is 10.2. The van der Waals surface area contributed by atoms with Gasteiger partial charge in [0.1, 0.15) is 17.4 Å². The van der Waals surface area contributed by atoms with Crippen LogP contribution >= 0.6 is 11.6 Å². The minimum atomic E-state index is 0.519. The SMILES string of the molecule is CNc1cncc(NCc2c(Cl)cccc2OC)n1. The van der Waals surface area contributed by atoms with Gasteiger partial charge < -0.3 is 15.4 Å². The van der Waals surface area contributed by atoms with E-state index in [0.717, 1.165) is 11.3 Å². The normalized spacial score (nSPS) is 10.1. The molecule has 6 heteroatoms. The summed E-state index contributed by atoms with van der Waals surface area (Å²) < 4.78 is 5.29. The third kappa shape index (κ3) is 3.26. The second-order valence-corrected chi connectivity index (χ2v) is 4.22. The summed E-state index contributed by atoms with van der Waals surface area (Å²) in [6.45, 7) is 0.519. The number of aromatic nitrogens is 2. The molecule has 19 heavy (non-hydrogen) atoms. The van der Waals surface area contributed by atoms with E-state index in [1.807, 2.05) is 18.2 Å². The van der Waals surface area contributed by atoms with Gasteiger partial charge in [-0.25, -0.2) is 4.98 Å². The van der Waals surface area contributed by atoms with Crippen LogP contribution in [0.2, 0.25) is 5.02 Å². The zero-order valence-corrected chi connectivity index (χ0v) is 11.5. The number of anilines is 2. The molecule has 0 saturated heterocycles. The van der Waals surface area contributed by atoms with Crippen LogP contribution in [0.5, 0.6) is 5.75 Å². The van der Waals surface area contributed by atoms with Gasteiger partial charge in [0.25, 0.3) is 0 Å². The number of hydrogen-bond acceptors (Lipinski definition) is 5. The van der Waals surface area contributed by atoms with Crippen LogP contribution in [-0.2, 0) is 6.54 Å². The predicted octanol–water partition coefficient (Wildman–Crippen LogP) is 2.79. The topological polar surface area (TPSA) is 59.1 Å². The van der Waals surface area contributed by atoms with E-state index in [2.05, 4.69) is 20.6 Å². The molecular formula is C13H15ClN4O. The number of hydrogen-bond donors (Lipinski definition) is 2. The number of rotatable bonds is 5. The molecule has 2 N–H and O–H groups in total. The zero-order valence-electron chi connectivity index (χ0n) is 10.8. The quantitative estimate of drug-likeness (QED) is 0.881. The van der Waals surface area contributed by atoms with E-state index in [4.69, 9.17) is 16.3 Å². The molecule has 0 bridgehead atoms. The van der Waals surface area contributed by atoms with E-state index in [1.165, 1.54) is 0 Å². The first-order valence-corrected chi connectivity index (χ1v) is 6.17. The highest BCUT2D eigenvalue weighted by Gasteiger charge is 2.07. The molecule has 0 radical (unpaired) electrons. The van der Waals surface area contributed by atoms with Gasteiger partial charge in [-0.05, 0) is 12.1 Å². The van der Waals surface area contributed by atoms with E-state index >= 15 is 0 Å². The van der Waals surface area contributed by atoms with Crippen LogP contribution in [0.4, 0.5) is 11.6 Å².